The Kier molecular flexibility index (Phi) is 7.00. The Hall–Kier alpha value is -3.55. The summed E-state index contributed by atoms with van der Waals surface area (Å²) in [4.78, 5) is 38.9. The fraction of sp³-hybridized carbons (Fsp3) is 0.192. The van der Waals surface area contributed by atoms with Gasteiger partial charge in [0, 0.05) is 17.1 Å². The second-order valence-corrected chi connectivity index (χ2v) is 8.96. The normalized spacial score (nSPS) is 14.5. The van der Waals surface area contributed by atoms with Crippen LogP contribution in [0.3, 0.4) is 0 Å². The third-order valence-electron chi connectivity index (χ3n) is 5.88. The zero-order chi connectivity index (χ0) is 25.3. The number of carbonyl (C=O) groups excluding carboxylic acids is 3. The van der Waals surface area contributed by atoms with Crippen molar-refractivity contribution in [3.8, 4) is 5.69 Å². The van der Waals surface area contributed by atoms with Crippen LogP contribution in [0.4, 0.5) is 10.5 Å². The summed E-state index contributed by atoms with van der Waals surface area (Å²) in [6, 6.07) is 14.0. The van der Waals surface area contributed by atoms with Gasteiger partial charge < -0.3 is 15.2 Å². The van der Waals surface area contributed by atoms with Crippen LogP contribution in [-0.2, 0) is 16.0 Å². The van der Waals surface area contributed by atoms with E-state index < -0.39 is 24.4 Å². The molecule has 2 aromatic carbocycles. The Balaban J connectivity index is 1.55. The number of para-hydroxylation sites is 1. The van der Waals surface area contributed by atoms with Crippen LogP contribution in [0.15, 0.2) is 54.2 Å². The van der Waals surface area contributed by atoms with Crippen LogP contribution >= 0.6 is 23.2 Å². The number of hydrogen-bond acceptors (Lipinski definition) is 3. The molecule has 4 amide bonds. The third kappa shape index (κ3) is 4.83. The molecule has 3 aromatic rings. The number of amides is 4. The molecule has 1 saturated heterocycles. The summed E-state index contributed by atoms with van der Waals surface area (Å²) in [5.74, 6) is -1.02. The Morgan fingerprint density at radius 2 is 1.83 bits per heavy atom. The van der Waals surface area contributed by atoms with E-state index in [4.69, 9.17) is 23.2 Å². The lowest BCUT2D eigenvalue weighted by Crippen LogP contribution is -2.38. The van der Waals surface area contributed by atoms with Crippen LogP contribution in [0.5, 0.6) is 0 Å². The molecule has 0 aliphatic carbocycles. The molecular weight excluding hydrogens is 487 g/mol. The van der Waals surface area contributed by atoms with E-state index in [0.29, 0.717) is 21.4 Å². The minimum absolute atomic E-state index is 0.0919. The number of anilines is 1. The number of benzene rings is 2. The lowest BCUT2D eigenvalue weighted by atomic mass is 10.1. The van der Waals surface area contributed by atoms with E-state index >= 15 is 0 Å². The first-order valence-electron chi connectivity index (χ1n) is 11.1. The Morgan fingerprint density at radius 1 is 1.09 bits per heavy atom. The predicted molar refractivity (Wildman–Crippen MR) is 138 cm³/mol. The zero-order valence-corrected chi connectivity index (χ0v) is 21.0. The molecule has 7 nitrogen and oxygen atoms in total. The van der Waals surface area contributed by atoms with E-state index in [1.165, 1.54) is 0 Å². The number of hydrogen-bond donors (Lipinski definition) is 2. The van der Waals surface area contributed by atoms with Gasteiger partial charge in [-0.2, -0.15) is 0 Å². The molecule has 2 heterocycles. The average Bonchev–Trinajstić information content (AvgIpc) is 3.25. The molecule has 1 aliphatic heterocycles. The monoisotopic (exact) mass is 510 g/mol. The fourth-order valence-corrected chi connectivity index (χ4v) is 4.50. The molecule has 1 aliphatic rings. The Bertz CT molecular complexity index is 1380. The van der Waals surface area contributed by atoms with E-state index in [-0.39, 0.29) is 5.70 Å². The Morgan fingerprint density at radius 3 is 2.57 bits per heavy atom. The fourth-order valence-electron chi connectivity index (χ4n) is 4.12. The highest BCUT2D eigenvalue weighted by atomic mass is 35.5. The van der Waals surface area contributed by atoms with Crippen molar-refractivity contribution in [3.05, 3.63) is 86.8 Å². The molecule has 35 heavy (non-hydrogen) atoms. The van der Waals surface area contributed by atoms with Crippen molar-refractivity contribution < 1.29 is 14.4 Å². The minimum Gasteiger partial charge on any atom is -0.324 e. The molecule has 180 valence electrons. The average molecular weight is 511 g/mol. The summed E-state index contributed by atoms with van der Waals surface area (Å²) in [6.07, 6.45) is 2.34. The molecule has 0 atom stereocenters. The number of nitrogens with one attached hydrogen (secondary N) is 2. The zero-order valence-electron chi connectivity index (χ0n) is 19.5. The van der Waals surface area contributed by atoms with Gasteiger partial charge in [0.1, 0.15) is 12.2 Å². The van der Waals surface area contributed by atoms with Gasteiger partial charge in [0.25, 0.3) is 5.91 Å². The summed E-state index contributed by atoms with van der Waals surface area (Å²) in [7, 11) is 0. The van der Waals surface area contributed by atoms with Gasteiger partial charge in [-0.25, -0.2) is 9.69 Å². The van der Waals surface area contributed by atoms with Gasteiger partial charge in [-0.1, -0.05) is 54.4 Å². The molecule has 2 N–H and O–H groups in total. The van der Waals surface area contributed by atoms with Gasteiger partial charge in [0.2, 0.25) is 5.91 Å². The maximum atomic E-state index is 13.0. The summed E-state index contributed by atoms with van der Waals surface area (Å²) < 4.78 is 1.93. The van der Waals surface area contributed by atoms with E-state index in [1.54, 1.807) is 18.2 Å². The number of nitrogens with zero attached hydrogens (tertiary/aromatic N) is 2. The van der Waals surface area contributed by atoms with Crippen molar-refractivity contribution in [1.29, 1.82) is 0 Å². The summed E-state index contributed by atoms with van der Waals surface area (Å²) in [6.45, 7) is 5.38. The molecule has 0 bridgehead atoms. The number of rotatable bonds is 6. The number of aryl methyl sites for hydroxylation is 2. The number of carbonyl (C=O) groups is 3. The quantitative estimate of drug-likeness (QED) is 0.339. The van der Waals surface area contributed by atoms with Crippen LogP contribution in [0.25, 0.3) is 11.8 Å². The first-order chi connectivity index (χ1) is 16.7. The van der Waals surface area contributed by atoms with E-state index in [2.05, 4.69) is 10.6 Å². The molecule has 1 aromatic heterocycles. The van der Waals surface area contributed by atoms with Crippen LogP contribution in [-0.4, -0.2) is 33.9 Å². The highest BCUT2D eigenvalue weighted by molar-refractivity contribution is 6.43. The van der Waals surface area contributed by atoms with E-state index in [1.807, 2.05) is 61.7 Å². The van der Waals surface area contributed by atoms with Crippen LogP contribution in [0.1, 0.15) is 29.4 Å². The lowest BCUT2D eigenvalue weighted by molar-refractivity contribution is -0.127. The van der Waals surface area contributed by atoms with E-state index in [9.17, 15) is 14.4 Å². The standard InChI is InChI=1S/C26H24Cl2N4O3/c1-4-17-8-5-6-10-20(17)29-23(33)14-31-25(34)21(30-26(31)35)13-18-12-15(2)32(16(18)3)22-11-7-9-19(27)24(22)28/h5-13H,4,14H2,1-3H3,(H,29,33)(H,30,35)/b21-13+. The first kappa shape index (κ1) is 24.6. The topological polar surface area (TPSA) is 83.4 Å². The van der Waals surface area contributed by atoms with Crippen LogP contribution in [0.2, 0.25) is 10.0 Å². The van der Waals surface area contributed by atoms with Gasteiger partial charge in [0.15, 0.2) is 0 Å². The van der Waals surface area contributed by atoms with Crippen molar-refractivity contribution in [2.45, 2.75) is 27.2 Å². The molecule has 0 unspecified atom stereocenters. The van der Waals surface area contributed by atoms with Crippen LogP contribution in [0, 0.1) is 13.8 Å². The molecular formula is C26H24Cl2N4O3. The van der Waals surface area contributed by atoms with Crippen molar-refractivity contribution >= 4 is 52.8 Å². The van der Waals surface area contributed by atoms with Crippen molar-refractivity contribution in [3.63, 3.8) is 0 Å². The Labute approximate surface area is 213 Å². The maximum Gasteiger partial charge on any atom is 0.329 e. The second kappa shape index (κ2) is 9.98. The molecule has 4 rings (SSSR count). The summed E-state index contributed by atoms with van der Waals surface area (Å²) in [5.41, 5.74) is 4.85. The van der Waals surface area contributed by atoms with Gasteiger partial charge in [-0.15, -0.1) is 0 Å². The van der Waals surface area contributed by atoms with Gasteiger partial charge in [-0.05, 0) is 61.7 Å². The summed E-state index contributed by atoms with van der Waals surface area (Å²) >= 11 is 12.6. The van der Waals surface area contributed by atoms with Gasteiger partial charge >= 0.3 is 6.03 Å². The molecule has 0 spiro atoms. The molecule has 9 heteroatoms. The summed E-state index contributed by atoms with van der Waals surface area (Å²) in [5, 5.41) is 6.21. The third-order valence-corrected chi connectivity index (χ3v) is 6.69. The van der Waals surface area contributed by atoms with Crippen molar-refractivity contribution in [2.75, 3.05) is 11.9 Å². The first-order valence-corrected chi connectivity index (χ1v) is 11.8. The minimum atomic E-state index is -0.646. The predicted octanol–water partition coefficient (Wildman–Crippen LogP) is 5.49. The van der Waals surface area contributed by atoms with Crippen molar-refractivity contribution in [2.24, 2.45) is 0 Å². The SMILES string of the molecule is CCc1ccccc1NC(=O)CN1C(=O)N/C(=C/c2cc(C)n(-c3cccc(Cl)c3Cl)c2C)C1=O. The number of halogens is 2. The molecule has 1 fully saturated rings. The van der Waals surface area contributed by atoms with Crippen molar-refractivity contribution in [1.82, 2.24) is 14.8 Å². The number of aromatic nitrogens is 1. The van der Waals surface area contributed by atoms with E-state index in [0.717, 1.165) is 33.8 Å². The number of imide groups is 1. The molecule has 0 saturated carbocycles. The van der Waals surface area contributed by atoms with Crippen LogP contribution < -0.4 is 10.6 Å². The van der Waals surface area contributed by atoms with Gasteiger partial charge in [0.05, 0.1) is 15.7 Å². The second-order valence-electron chi connectivity index (χ2n) is 8.17. The highest BCUT2D eigenvalue weighted by Crippen LogP contribution is 2.32. The maximum absolute atomic E-state index is 13.0. The molecule has 0 radical (unpaired) electrons. The van der Waals surface area contributed by atoms with Gasteiger partial charge in [-0.3, -0.25) is 9.59 Å². The number of urea groups is 1. The highest BCUT2D eigenvalue weighted by Gasteiger charge is 2.35. The lowest BCUT2D eigenvalue weighted by Gasteiger charge is -2.13. The largest absolute Gasteiger partial charge is 0.329 e. The smallest absolute Gasteiger partial charge is 0.324 e.